The molecule has 1 unspecified atom stereocenters. The van der Waals surface area contributed by atoms with Gasteiger partial charge in [-0.1, -0.05) is 18.2 Å². The highest BCUT2D eigenvalue weighted by atomic mass is 16.5. The van der Waals surface area contributed by atoms with E-state index in [-0.39, 0.29) is 11.4 Å². The van der Waals surface area contributed by atoms with Crippen molar-refractivity contribution in [2.75, 3.05) is 13.2 Å². The first-order valence-electron chi connectivity index (χ1n) is 5.65. The molecule has 1 amide bonds. The van der Waals surface area contributed by atoms with Crippen molar-refractivity contribution in [1.29, 1.82) is 0 Å². The standard InChI is InChI=1S/C13H17NO2/c1-13(8-5-9-16-10-13)14-12(15)11-6-3-2-4-7-11/h2-4,6-7H,5,8-10H2,1H3,(H,14,15). The van der Waals surface area contributed by atoms with E-state index in [1.807, 2.05) is 37.3 Å². The van der Waals surface area contributed by atoms with Gasteiger partial charge in [0.15, 0.2) is 0 Å². The fourth-order valence-electron chi connectivity index (χ4n) is 1.97. The number of carbonyl (C=O) groups is 1. The van der Waals surface area contributed by atoms with Crippen LogP contribution in [0, 0.1) is 0 Å². The first-order valence-corrected chi connectivity index (χ1v) is 5.65. The van der Waals surface area contributed by atoms with Gasteiger partial charge in [-0.2, -0.15) is 0 Å². The Morgan fingerprint density at radius 1 is 1.38 bits per heavy atom. The van der Waals surface area contributed by atoms with Gasteiger partial charge in [0.2, 0.25) is 0 Å². The fraction of sp³-hybridized carbons (Fsp3) is 0.462. The normalized spacial score (nSPS) is 25.1. The van der Waals surface area contributed by atoms with E-state index < -0.39 is 0 Å². The Bertz CT molecular complexity index is 355. The average molecular weight is 219 g/mol. The van der Waals surface area contributed by atoms with E-state index in [9.17, 15) is 4.79 Å². The number of amides is 1. The molecule has 1 saturated heterocycles. The van der Waals surface area contributed by atoms with Gasteiger partial charge in [-0.25, -0.2) is 0 Å². The molecular weight excluding hydrogens is 202 g/mol. The molecule has 16 heavy (non-hydrogen) atoms. The summed E-state index contributed by atoms with van der Waals surface area (Å²) in [5.74, 6) is -0.0198. The second-order valence-corrected chi connectivity index (χ2v) is 4.54. The van der Waals surface area contributed by atoms with Crippen molar-refractivity contribution >= 4 is 5.91 Å². The van der Waals surface area contributed by atoms with Crippen LogP contribution in [0.2, 0.25) is 0 Å². The maximum Gasteiger partial charge on any atom is 0.251 e. The minimum atomic E-state index is -0.217. The van der Waals surface area contributed by atoms with Gasteiger partial charge in [-0.15, -0.1) is 0 Å². The molecule has 3 heteroatoms. The van der Waals surface area contributed by atoms with E-state index in [1.54, 1.807) is 0 Å². The van der Waals surface area contributed by atoms with Crippen molar-refractivity contribution in [3.63, 3.8) is 0 Å². The summed E-state index contributed by atoms with van der Waals surface area (Å²) in [6, 6.07) is 9.29. The van der Waals surface area contributed by atoms with Gasteiger partial charge in [0, 0.05) is 12.2 Å². The van der Waals surface area contributed by atoms with Gasteiger partial charge >= 0.3 is 0 Å². The summed E-state index contributed by atoms with van der Waals surface area (Å²) in [5.41, 5.74) is 0.486. The van der Waals surface area contributed by atoms with Crippen LogP contribution in [0.3, 0.4) is 0 Å². The third-order valence-electron chi connectivity index (χ3n) is 2.89. The predicted molar refractivity (Wildman–Crippen MR) is 62.4 cm³/mol. The van der Waals surface area contributed by atoms with E-state index >= 15 is 0 Å². The molecule has 0 aliphatic carbocycles. The Labute approximate surface area is 95.8 Å². The molecule has 1 heterocycles. The number of hydrogen-bond donors (Lipinski definition) is 1. The van der Waals surface area contributed by atoms with Crippen LogP contribution in [0.4, 0.5) is 0 Å². The number of benzene rings is 1. The average Bonchev–Trinajstić information content (AvgIpc) is 2.30. The molecule has 1 atom stereocenters. The molecule has 0 radical (unpaired) electrons. The van der Waals surface area contributed by atoms with Crippen LogP contribution in [0.1, 0.15) is 30.1 Å². The molecule has 1 fully saturated rings. The largest absolute Gasteiger partial charge is 0.379 e. The zero-order chi connectivity index (χ0) is 11.4. The molecule has 86 valence electrons. The molecule has 0 bridgehead atoms. The van der Waals surface area contributed by atoms with Crippen LogP contribution >= 0.6 is 0 Å². The van der Waals surface area contributed by atoms with E-state index in [0.717, 1.165) is 19.4 Å². The summed E-state index contributed by atoms with van der Waals surface area (Å²) in [4.78, 5) is 12.0. The van der Waals surface area contributed by atoms with Crippen LogP contribution in [-0.2, 0) is 4.74 Å². The lowest BCUT2D eigenvalue weighted by atomic mass is 9.94. The van der Waals surface area contributed by atoms with E-state index in [1.165, 1.54) is 0 Å². The summed E-state index contributed by atoms with van der Waals surface area (Å²) in [6.45, 7) is 3.44. The van der Waals surface area contributed by atoms with E-state index in [4.69, 9.17) is 4.74 Å². The van der Waals surface area contributed by atoms with Crippen molar-refractivity contribution in [2.24, 2.45) is 0 Å². The SMILES string of the molecule is CC1(NC(=O)c2ccccc2)CCCOC1. The second-order valence-electron chi connectivity index (χ2n) is 4.54. The van der Waals surface area contributed by atoms with Crippen molar-refractivity contribution in [1.82, 2.24) is 5.32 Å². The molecule has 0 spiro atoms. The second kappa shape index (κ2) is 4.66. The number of nitrogens with one attached hydrogen (secondary N) is 1. The summed E-state index contributed by atoms with van der Waals surface area (Å²) < 4.78 is 5.41. The van der Waals surface area contributed by atoms with E-state index in [0.29, 0.717) is 12.2 Å². The molecule has 3 nitrogen and oxygen atoms in total. The van der Waals surface area contributed by atoms with Gasteiger partial charge < -0.3 is 10.1 Å². The van der Waals surface area contributed by atoms with Crippen molar-refractivity contribution in [3.05, 3.63) is 35.9 Å². The van der Waals surface area contributed by atoms with Crippen molar-refractivity contribution in [2.45, 2.75) is 25.3 Å². The van der Waals surface area contributed by atoms with E-state index in [2.05, 4.69) is 5.32 Å². The fourth-order valence-corrected chi connectivity index (χ4v) is 1.97. The van der Waals surface area contributed by atoms with Crippen LogP contribution in [0.15, 0.2) is 30.3 Å². The Kier molecular flexibility index (Phi) is 3.25. The van der Waals surface area contributed by atoms with Crippen LogP contribution in [0.25, 0.3) is 0 Å². The number of rotatable bonds is 2. The highest BCUT2D eigenvalue weighted by Crippen LogP contribution is 2.18. The molecule has 1 N–H and O–H groups in total. The number of carbonyl (C=O) groups excluding carboxylic acids is 1. The van der Waals surface area contributed by atoms with Crippen molar-refractivity contribution in [3.8, 4) is 0 Å². The summed E-state index contributed by atoms with van der Waals surface area (Å²) in [7, 11) is 0. The minimum absolute atomic E-state index is 0.0198. The summed E-state index contributed by atoms with van der Waals surface area (Å²) in [5, 5.41) is 3.05. The summed E-state index contributed by atoms with van der Waals surface area (Å²) >= 11 is 0. The highest BCUT2D eigenvalue weighted by Gasteiger charge is 2.29. The van der Waals surface area contributed by atoms with Gasteiger partial charge in [0.1, 0.15) is 0 Å². The maximum absolute atomic E-state index is 12.0. The zero-order valence-corrected chi connectivity index (χ0v) is 9.53. The number of ether oxygens (including phenoxy) is 1. The van der Waals surface area contributed by atoms with Crippen LogP contribution in [-0.4, -0.2) is 24.7 Å². The third kappa shape index (κ3) is 2.61. The van der Waals surface area contributed by atoms with Crippen LogP contribution < -0.4 is 5.32 Å². The lowest BCUT2D eigenvalue weighted by molar-refractivity contribution is 0.0272. The Hall–Kier alpha value is -1.35. The summed E-state index contributed by atoms with van der Waals surface area (Å²) in [6.07, 6.45) is 1.98. The van der Waals surface area contributed by atoms with Gasteiger partial charge in [-0.3, -0.25) is 4.79 Å². The van der Waals surface area contributed by atoms with Gasteiger partial charge in [0.25, 0.3) is 5.91 Å². The Balaban J connectivity index is 2.01. The zero-order valence-electron chi connectivity index (χ0n) is 9.53. The molecule has 2 rings (SSSR count). The molecular formula is C13H17NO2. The maximum atomic E-state index is 12.0. The Morgan fingerprint density at radius 3 is 2.75 bits per heavy atom. The quantitative estimate of drug-likeness (QED) is 0.826. The van der Waals surface area contributed by atoms with Gasteiger partial charge in [0.05, 0.1) is 12.1 Å². The lowest BCUT2D eigenvalue weighted by Gasteiger charge is -2.34. The molecule has 1 aliphatic rings. The molecule has 1 aromatic rings. The van der Waals surface area contributed by atoms with Crippen LogP contribution in [0.5, 0.6) is 0 Å². The first kappa shape index (κ1) is 11.1. The highest BCUT2D eigenvalue weighted by molar-refractivity contribution is 5.94. The van der Waals surface area contributed by atoms with Gasteiger partial charge in [-0.05, 0) is 31.9 Å². The third-order valence-corrected chi connectivity index (χ3v) is 2.89. The number of hydrogen-bond acceptors (Lipinski definition) is 2. The molecule has 1 aliphatic heterocycles. The first-order chi connectivity index (χ1) is 7.70. The molecule has 0 aromatic heterocycles. The predicted octanol–water partition coefficient (Wildman–Crippen LogP) is 1.99. The Morgan fingerprint density at radius 2 is 2.12 bits per heavy atom. The smallest absolute Gasteiger partial charge is 0.251 e. The van der Waals surface area contributed by atoms with Crippen molar-refractivity contribution < 1.29 is 9.53 Å². The molecule has 1 aromatic carbocycles. The minimum Gasteiger partial charge on any atom is -0.379 e. The topological polar surface area (TPSA) is 38.3 Å². The monoisotopic (exact) mass is 219 g/mol. The lowest BCUT2D eigenvalue weighted by Crippen LogP contribution is -2.51. The molecule has 0 saturated carbocycles.